The van der Waals surface area contributed by atoms with Crippen LogP contribution in [0.25, 0.3) is 0 Å². The maximum Gasteiger partial charge on any atom is 0.0485 e. The summed E-state index contributed by atoms with van der Waals surface area (Å²) in [5, 5.41) is 10.4. The summed E-state index contributed by atoms with van der Waals surface area (Å²) in [5.74, 6) is 0.784. The fourth-order valence-corrected chi connectivity index (χ4v) is 2.55. The molecule has 0 atom stereocenters. The first kappa shape index (κ1) is 12.8. The van der Waals surface area contributed by atoms with Crippen molar-refractivity contribution in [3.05, 3.63) is 24.3 Å². The highest BCUT2D eigenvalue weighted by atomic mass is 16.5. The van der Waals surface area contributed by atoms with Crippen molar-refractivity contribution >= 4 is 11.4 Å². The van der Waals surface area contributed by atoms with Gasteiger partial charge in [0.15, 0.2) is 0 Å². The Labute approximate surface area is 114 Å². The molecule has 3 N–H and O–H groups in total. The average Bonchev–Trinajstić information content (AvgIpc) is 2.39. The molecule has 4 nitrogen and oxygen atoms in total. The van der Waals surface area contributed by atoms with E-state index < -0.39 is 0 Å². The Kier molecular flexibility index (Phi) is 4.20. The Hall–Kier alpha value is -1.26. The van der Waals surface area contributed by atoms with E-state index in [0.29, 0.717) is 6.04 Å². The Morgan fingerprint density at radius 3 is 2.68 bits per heavy atom. The van der Waals surface area contributed by atoms with E-state index in [-0.39, 0.29) is 0 Å². The Balaban J connectivity index is 1.52. The average molecular weight is 261 g/mol. The molecule has 0 radical (unpaired) electrons. The van der Waals surface area contributed by atoms with Crippen LogP contribution in [0.4, 0.5) is 11.4 Å². The van der Waals surface area contributed by atoms with E-state index in [4.69, 9.17) is 4.74 Å². The summed E-state index contributed by atoms with van der Waals surface area (Å²) in [7, 11) is 0. The minimum absolute atomic E-state index is 0.555. The fourth-order valence-electron chi connectivity index (χ4n) is 2.55. The summed E-state index contributed by atoms with van der Waals surface area (Å²) < 4.78 is 5.39. The Morgan fingerprint density at radius 1 is 1.16 bits per heavy atom. The number of rotatable bonds is 5. The van der Waals surface area contributed by atoms with Crippen molar-refractivity contribution in [3.63, 3.8) is 0 Å². The molecule has 0 aliphatic carbocycles. The monoisotopic (exact) mass is 261 g/mol. The quantitative estimate of drug-likeness (QED) is 0.757. The molecule has 19 heavy (non-hydrogen) atoms. The van der Waals surface area contributed by atoms with Gasteiger partial charge in [0, 0.05) is 56.2 Å². The van der Waals surface area contributed by atoms with Crippen LogP contribution in [0.15, 0.2) is 24.3 Å². The highest BCUT2D eigenvalue weighted by Gasteiger charge is 2.16. The van der Waals surface area contributed by atoms with Crippen LogP contribution in [-0.2, 0) is 4.74 Å². The van der Waals surface area contributed by atoms with Crippen molar-refractivity contribution in [2.75, 3.05) is 43.5 Å². The SMILES string of the molecule is c1cc(NCC2CNC2)cc(NC2CCOCC2)c1. The molecule has 0 saturated carbocycles. The standard InChI is InChI=1S/C15H23N3O/c1-2-14(17-11-12-9-16-10-12)8-15(3-1)18-13-4-6-19-7-5-13/h1-3,8,12-13,16-18H,4-7,9-11H2. The summed E-state index contributed by atoms with van der Waals surface area (Å²) in [6.07, 6.45) is 2.21. The van der Waals surface area contributed by atoms with Crippen LogP contribution in [0.1, 0.15) is 12.8 Å². The van der Waals surface area contributed by atoms with E-state index in [1.54, 1.807) is 0 Å². The normalized spacial score (nSPS) is 20.8. The first-order valence-corrected chi connectivity index (χ1v) is 7.29. The molecule has 1 aromatic rings. The molecule has 0 spiro atoms. The van der Waals surface area contributed by atoms with E-state index in [2.05, 4.69) is 40.2 Å². The lowest BCUT2D eigenvalue weighted by molar-refractivity contribution is 0.0904. The van der Waals surface area contributed by atoms with Crippen LogP contribution in [0.3, 0.4) is 0 Å². The lowest BCUT2D eigenvalue weighted by Gasteiger charge is -2.28. The van der Waals surface area contributed by atoms with Gasteiger partial charge in [-0.1, -0.05) is 6.07 Å². The first-order chi connectivity index (χ1) is 9.40. The second kappa shape index (κ2) is 6.26. The maximum atomic E-state index is 5.39. The highest BCUT2D eigenvalue weighted by molar-refractivity contribution is 5.57. The molecule has 3 rings (SSSR count). The third-order valence-electron chi connectivity index (χ3n) is 3.92. The predicted molar refractivity (Wildman–Crippen MR) is 78.8 cm³/mol. The van der Waals surface area contributed by atoms with Gasteiger partial charge < -0.3 is 20.7 Å². The molecular weight excluding hydrogens is 238 g/mol. The van der Waals surface area contributed by atoms with Crippen molar-refractivity contribution < 1.29 is 4.74 Å². The van der Waals surface area contributed by atoms with Crippen LogP contribution in [0.5, 0.6) is 0 Å². The molecule has 2 aliphatic heterocycles. The van der Waals surface area contributed by atoms with Gasteiger partial charge in [0.1, 0.15) is 0 Å². The molecule has 0 unspecified atom stereocenters. The van der Waals surface area contributed by atoms with E-state index in [9.17, 15) is 0 Å². The number of benzene rings is 1. The minimum Gasteiger partial charge on any atom is -0.385 e. The molecule has 0 amide bonds. The van der Waals surface area contributed by atoms with Gasteiger partial charge in [-0.05, 0) is 31.0 Å². The van der Waals surface area contributed by atoms with Gasteiger partial charge in [-0.25, -0.2) is 0 Å². The van der Waals surface area contributed by atoms with Gasteiger partial charge in [-0.2, -0.15) is 0 Å². The second-order valence-corrected chi connectivity index (χ2v) is 5.52. The number of ether oxygens (including phenoxy) is 1. The lowest BCUT2D eigenvalue weighted by atomic mass is 10.0. The van der Waals surface area contributed by atoms with Crippen molar-refractivity contribution in [1.29, 1.82) is 0 Å². The van der Waals surface area contributed by atoms with Crippen molar-refractivity contribution in [1.82, 2.24) is 5.32 Å². The predicted octanol–water partition coefficient (Wildman–Crippen LogP) is 1.91. The van der Waals surface area contributed by atoms with Gasteiger partial charge in [-0.3, -0.25) is 0 Å². The van der Waals surface area contributed by atoms with Crippen LogP contribution >= 0.6 is 0 Å². The third-order valence-corrected chi connectivity index (χ3v) is 3.92. The number of hydrogen-bond donors (Lipinski definition) is 3. The molecule has 0 bridgehead atoms. The number of hydrogen-bond acceptors (Lipinski definition) is 4. The zero-order chi connectivity index (χ0) is 12.9. The van der Waals surface area contributed by atoms with E-state index >= 15 is 0 Å². The molecule has 2 heterocycles. The zero-order valence-corrected chi connectivity index (χ0v) is 11.3. The van der Waals surface area contributed by atoms with E-state index in [1.807, 2.05) is 0 Å². The molecular formula is C15H23N3O. The first-order valence-electron chi connectivity index (χ1n) is 7.29. The third kappa shape index (κ3) is 3.61. The van der Waals surface area contributed by atoms with Crippen LogP contribution in [-0.4, -0.2) is 38.9 Å². The lowest BCUT2D eigenvalue weighted by Crippen LogP contribution is -2.45. The molecule has 104 valence electrons. The van der Waals surface area contributed by atoms with Gasteiger partial charge in [0.05, 0.1) is 0 Å². The Bertz CT molecular complexity index is 400. The van der Waals surface area contributed by atoms with E-state index in [1.165, 1.54) is 11.4 Å². The molecule has 2 fully saturated rings. The molecule has 0 aromatic heterocycles. The highest BCUT2D eigenvalue weighted by Crippen LogP contribution is 2.19. The van der Waals surface area contributed by atoms with Crippen LogP contribution < -0.4 is 16.0 Å². The summed E-state index contributed by atoms with van der Waals surface area (Å²) >= 11 is 0. The summed E-state index contributed by atoms with van der Waals surface area (Å²) in [5.41, 5.74) is 2.42. The summed E-state index contributed by atoms with van der Waals surface area (Å²) in [6.45, 7) is 5.11. The van der Waals surface area contributed by atoms with Crippen molar-refractivity contribution in [2.24, 2.45) is 5.92 Å². The molecule has 1 aromatic carbocycles. The van der Waals surface area contributed by atoms with Crippen molar-refractivity contribution in [2.45, 2.75) is 18.9 Å². The Morgan fingerprint density at radius 2 is 1.95 bits per heavy atom. The zero-order valence-electron chi connectivity index (χ0n) is 11.3. The van der Waals surface area contributed by atoms with Crippen molar-refractivity contribution in [3.8, 4) is 0 Å². The van der Waals surface area contributed by atoms with Gasteiger partial charge in [0.25, 0.3) is 0 Å². The smallest absolute Gasteiger partial charge is 0.0485 e. The molecule has 4 heteroatoms. The van der Waals surface area contributed by atoms with E-state index in [0.717, 1.165) is 51.6 Å². The molecule has 2 aliphatic rings. The second-order valence-electron chi connectivity index (χ2n) is 5.52. The van der Waals surface area contributed by atoms with Gasteiger partial charge in [0.2, 0.25) is 0 Å². The largest absolute Gasteiger partial charge is 0.385 e. The molecule has 2 saturated heterocycles. The van der Waals surface area contributed by atoms with Gasteiger partial charge >= 0.3 is 0 Å². The van der Waals surface area contributed by atoms with Crippen LogP contribution in [0.2, 0.25) is 0 Å². The number of nitrogens with one attached hydrogen (secondary N) is 3. The number of anilines is 2. The van der Waals surface area contributed by atoms with Gasteiger partial charge in [-0.15, -0.1) is 0 Å². The summed E-state index contributed by atoms with van der Waals surface area (Å²) in [6, 6.07) is 9.16. The fraction of sp³-hybridized carbons (Fsp3) is 0.600. The van der Waals surface area contributed by atoms with Crippen LogP contribution in [0, 0.1) is 5.92 Å². The maximum absolute atomic E-state index is 5.39. The summed E-state index contributed by atoms with van der Waals surface area (Å²) in [4.78, 5) is 0. The minimum atomic E-state index is 0.555. The topological polar surface area (TPSA) is 45.3 Å².